The zero-order valence-corrected chi connectivity index (χ0v) is 12.3. The van der Waals surface area contributed by atoms with Crippen LogP contribution in [-0.2, 0) is 6.42 Å². The number of pyridine rings is 1. The van der Waals surface area contributed by atoms with Gasteiger partial charge in [0, 0.05) is 23.8 Å². The summed E-state index contributed by atoms with van der Waals surface area (Å²) in [7, 11) is 0. The molecule has 0 aliphatic carbocycles. The molecule has 0 aliphatic rings. The summed E-state index contributed by atoms with van der Waals surface area (Å²) < 4.78 is 0. The van der Waals surface area contributed by atoms with Gasteiger partial charge in [0.25, 0.3) is 0 Å². The molecule has 0 fully saturated rings. The third-order valence-corrected chi connectivity index (χ3v) is 3.96. The molecule has 1 aromatic heterocycles. The van der Waals surface area contributed by atoms with E-state index in [1.54, 1.807) is 0 Å². The van der Waals surface area contributed by atoms with Gasteiger partial charge in [0.15, 0.2) is 0 Å². The fourth-order valence-corrected chi connectivity index (χ4v) is 2.67. The summed E-state index contributed by atoms with van der Waals surface area (Å²) in [5, 5.41) is 2.37. The van der Waals surface area contributed by atoms with Crippen molar-refractivity contribution < 1.29 is 0 Å². The normalized spacial score (nSPS) is 12.5. The van der Waals surface area contributed by atoms with Crippen LogP contribution in [0.5, 0.6) is 0 Å². The van der Waals surface area contributed by atoms with Gasteiger partial charge in [0.05, 0.1) is 0 Å². The van der Waals surface area contributed by atoms with Crippen LogP contribution in [0, 0.1) is 6.92 Å². The Morgan fingerprint density at radius 1 is 1.00 bits per heavy atom. The van der Waals surface area contributed by atoms with Gasteiger partial charge in [-0.1, -0.05) is 54.1 Å². The number of nitrogens with zero attached hydrogens (tertiary/aromatic N) is 1. The van der Waals surface area contributed by atoms with E-state index in [0.717, 1.165) is 23.8 Å². The van der Waals surface area contributed by atoms with Crippen LogP contribution in [0.15, 0.2) is 60.9 Å². The van der Waals surface area contributed by atoms with E-state index >= 15 is 0 Å². The van der Waals surface area contributed by atoms with Crippen LogP contribution < -0.4 is 5.73 Å². The van der Waals surface area contributed by atoms with Crippen molar-refractivity contribution in [3.63, 3.8) is 0 Å². The van der Waals surface area contributed by atoms with Crippen molar-refractivity contribution in [2.24, 2.45) is 5.73 Å². The minimum atomic E-state index is 0.0184. The molecule has 0 spiro atoms. The maximum absolute atomic E-state index is 6.40. The first-order valence-corrected chi connectivity index (χ1v) is 7.38. The molecule has 1 heterocycles. The number of aromatic nitrogens is 1. The van der Waals surface area contributed by atoms with Crippen molar-refractivity contribution in [3.05, 3.63) is 77.6 Å². The van der Waals surface area contributed by atoms with Crippen LogP contribution in [0.25, 0.3) is 10.8 Å². The fraction of sp³-hybridized carbons (Fsp3) is 0.211. The first-order valence-electron chi connectivity index (χ1n) is 7.38. The lowest BCUT2D eigenvalue weighted by atomic mass is 9.97. The minimum Gasteiger partial charge on any atom is -0.324 e. The number of fused-ring (bicyclic) bond motifs is 1. The van der Waals surface area contributed by atoms with Crippen LogP contribution in [0.1, 0.15) is 29.2 Å². The molecule has 0 amide bonds. The predicted molar refractivity (Wildman–Crippen MR) is 88.2 cm³/mol. The number of benzene rings is 2. The molecule has 2 aromatic carbocycles. The molecule has 1 atom stereocenters. The quantitative estimate of drug-likeness (QED) is 0.776. The maximum atomic E-state index is 6.40. The Labute approximate surface area is 125 Å². The van der Waals surface area contributed by atoms with Crippen molar-refractivity contribution in [2.45, 2.75) is 25.8 Å². The van der Waals surface area contributed by atoms with E-state index in [-0.39, 0.29) is 6.04 Å². The molecule has 3 rings (SSSR count). The molecule has 0 aliphatic heterocycles. The summed E-state index contributed by atoms with van der Waals surface area (Å²) in [4.78, 5) is 4.32. The van der Waals surface area contributed by atoms with Crippen molar-refractivity contribution >= 4 is 10.8 Å². The van der Waals surface area contributed by atoms with E-state index in [0.29, 0.717) is 0 Å². The fourth-order valence-electron chi connectivity index (χ4n) is 2.67. The summed E-state index contributed by atoms with van der Waals surface area (Å²) in [5.74, 6) is 0. The number of hydrogen-bond acceptors (Lipinski definition) is 2. The zero-order valence-electron chi connectivity index (χ0n) is 12.3. The van der Waals surface area contributed by atoms with Crippen LogP contribution in [0.4, 0.5) is 0 Å². The van der Waals surface area contributed by atoms with Gasteiger partial charge in [-0.2, -0.15) is 0 Å². The molecule has 0 radical (unpaired) electrons. The molecule has 0 bridgehead atoms. The molecule has 0 saturated carbocycles. The second-order valence-electron chi connectivity index (χ2n) is 5.58. The second-order valence-corrected chi connectivity index (χ2v) is 5.58. The molecule has 2 N–H and O–H groups in total. The Bertz CT molecular complexity index is 727. The van der Waals surface area contributed by atoms with Crippen molar-refractivity contribution in [1.29, 1.82) is 0 Å². The monoisotopic (exact) mass is 276 g/mol. The lowest BCUT2D eigenvalue weighted by Gasteiger charge is -2.14. The van der Waals surface area contributed by atoms with E-state index < -0.39 is 0 Å². The van der Waals surface area contributed by atoms with E-state index in [9.17, 15) is 0 Å². The lowest BCUT2D eigenvalue weighted by Crippen LogP contribution is -2.12. The van der Waals surface area contributed by atoms with E-state index in [1.807, 2.05) is 18.5 Å². The largest absolute Gasteiger partial charge is 0.324 e. The SMILES string of the molecule is Cc1ccc(CCC(N)c2cncc3ccccc23)cc1. The number of rotatable bonds is 4. The highest BCUT2D eigenvalue weighted by Gasteiger charge is 2.10. The Kier molecular flexibility index (Phi) is 3.98. The van der Waals surface area contributed by atoms with Crippen molar-refractivity contribution in [3.8, 4) is 0 Å². The predicted octanol–water partition coefficient (Wildman–Crippen LogP) is 4.18. The van der Waals surface area contributed by atoms with Gasteiger partial charge in [-0.3, -0.25) is 4.98 Å². The Morgan fingerprint density at radius 3 is 2.57 bits per heavy atom. The third-order valence-electron chi connectivity index (χ3n) is 3.96. The van der Waals surface area contributed by atoms with Crippen LogP contribution in [0.2, 0.25) is 0 Å². The minimum absolute atomic E-state index is 0.0184. The Morgan fingerprint density at radius 2 is 1.76 bits per heavy atom. The maximum Gasteiger partial charge on any atom is 0.0346 e. The molecule has 21 heavy (non-hydrogen) atoms. The summed E-state index contributed by atoms with van der Waals surface area (Å²) in [5.41, 5.74) is 10.2. The molecular formula is C19H20N2. The standard InChI is InChI=1S/C19H20N2/c1-14-6-8-15(9-7-14)10-11-19(20)18-13-21-12-16-4-2-3-5-17(16)18/h2-9,12-13,19H,10-11,20H2,1H3. The first-order chi connectivity index (χ1) is 10.2. The topological polar surface area (TPSA) is 38.9 Å². The van der Waals surface area contributed by atoms with E-state index in [1.165, 1.54) is 16.5 Å². The second kappa shape index (κ2) is 6.06. The third kappa shape index (κ3) is 3.11. The van der Waals surface area contributed by atoms with Gasteiger partial charge in [-0.25, -0.2) is 0 Å². The summed E-state index contributed by atoms with van der Waals surface area (Å²) >= 11 is 0. The zero-order chi connectivity index (χ0) is 14.7. The van der Waals surface area contributed by atoms with Crippen molar-refractivity contribution in [2.75, 3.05) is 0 Å². The highest BCUT2D eigenvalue weighted by Crippen LogP contribution is 2.24. The Balaban J connectivity index is 1.78. The van der Waals surface area contributed by atoms with Gasteiger partial charge in [0.2, 0.25) is 0 Å². The van der Waals surface area contributed by atoms with E-state index in [2.05, 4.69) is 54.4 Å². The van der Waals surface area contributed by atoms with Gasteiger partial charge in [-0.15, -0.1) is 0 Å². The smallest absolute Gasteiger partial charge is 0.0346 e. The lowest BCUT2D eigenvalue weighted by molar-refractivity contribution is 0.653. The van der Waals surface area contributed by atoms with Crippen molar-refractivity contribution in [1.82, 2.24) is 4.98 Å². The van der Waals surface area contributed by atoms with E-state index in [4.69, 9.17) is 5.73 Å². The molecule has 0 saturated heterocycles. The molecular weight excluding hydrogens is 256 g/mol. The highest BCUT2D eigenvalue weighted by molar-refractivity contribution is 5.85. The summed E-state index contributed by atoms with van der Waals surface area (Å²) in [6.07, 6.45) is 5.72. The average molecular weight is 276 g/mol. The van der Waals surface area contributed by atoms with Gasteiger partial charge in [0.1, 0.15) is 0 Å². The summed E-state index contributed by atoms with van der Waals surface area (Å²) in [6.45, 7) is 2.11. The van der Waals surface area contributed by atoms with Crippen LogP contribution in [0.3, 0.4) is 0 Å². The molecule has 2 nitrogen and oxygen atoms in total. The van der Waals surface area contributed by atoms with Gasteiger partial charge in [-0.05, 0) is 36.3 Å². The first kappa shape index (κ1) is 13.8. The molecule has 2 heteroatoms. The number of aryl methyl sites for hydroxylation is 2. The van der Waals surface area contributed by atoms with Crippen LogP contribution >= 0.6 is 0 Å². The highest BCUT2D eigenvalue weighted by atomic mass is 14.7. The summed E-state index contributed by atoms with van der Waals surface area (Å²) in [6, 6.07) is 17.0. The average Bonchev–Trinajstić information content (AvgIpc) is 2.53. The van der Waals surface area contributed by atoms with Gasteiger partial charge < -0.3 is 5.73 Å². The van der Waals surface area contributed by atoms with Gasteiger partial charge >= 0.3 is 0 Å². The number of nitrogens with two attached hydrogens (primary N) is 1. The Hall–Kier alpha value is -2.19. The van der Waals surface area contributed by atoms with Crippen LogP contribution in [-0.4, -0.2) is 4.98 Å². The molecule has 3 aromatic rings. The molecule has 1 unspecified atom stereocenters. The number of hydrogen-bond donors (Lipinski definition) is 1. The molecule has 106 valence electrons.